The summed E-state index contributed by atoms with van der Waals surface area (Å²) in [6.07, 6.45) is 3.50. The molecule has 1 fully saturated rings. The van der Waals surface area contributed by atoms with E-state index in [1.54, 1.807) is 0 Å². The number of anilines is 1. The Morgan fingerprint density at radius 2 is 2.00 bits per heavy atom. The van der Waals surface area contributed by atoms with Gasteiger partial charge in [0.2, 0.25) is 0 Å². The lowest BCUT2D eigenvalue weighted by atomic mass is 10.2. The SMILES string of the molecule is CCN(CCCO)c1ccc(CNC2CC2)cc1. The van der Waals surface area contributed by atoms with Gasteiger partial charge in [-0.3, -0.25) is 0 Å². The van der Waals surface area contributed by atoms with Gasteiger partial charge in [-0.25, -0.2) is 0 Å². The van der Waals surface area contributed by atoms with E-state index in [4.69, 9.17) is 5.11 Å². The molecule has 0 saturated heterocycles. The van der Waals surface area contributed by atoms with Crippen molar-refractivity contribution in [2.75, 3.05) is 24.6 Å². The largest absolute Gasteiger partial charge is 0.396 e. The highest BCUT2D eigenvalue weighted by atomic mass is 16.3. The molecule has 0 radical (unpaired) electrons. The van der Waals surface area contributed by atoms with Gasteiger partial charge in [0.15, 0.2) is 0 Å². The van der Waals surface area contributed by atoms with Crippen molar-refractivity contribution in [3.05, 3.63) is 29.8 Å². The van der Waals surface area contributed by atoms with Crippen LogP contribution in [0.1, 0.15) is 31.7 Å². The molecule has 0 aliphatic heterocycles. The molecule has 0 heterocycles. The molecule has 18 heavy (non-hydrogen) atoms. The summed E-state index contributed by atoms with van der Waals surface area (Å²) in [6.45, 7) is 5.31. The van der Waals surface area contributed by atoms with Crippen molar-refractivity contribution in [2.45, 2.75) is 38.8 Å². The van der Waals surface area contributed by atoms with Crippen molar-refractivity contribution in [3.63, 3.8) is 0 Å². The highest BCUT2D eigenvalue weighted by Crippen LogP contribution is 2.20. The molecule has 2 N–H and O–H groups in total. The number of nitrogens with zero attached hydrogens (tertiary/aromatic N) is 1. The second kappa shape index (κ2) is 6.76. The molecule has 2 rings (SSSR count). The second-order valence-electron chi connectivity index (χ2n) is 4.98. The van der Waals surface area contributed by atoms with E-state index in [-0.39, 0.29) is 6.61 Å². The van der Waals surface area contributed by atoms with Crippen molar-refractivity contribution in [1.82, 2.24) is 5.32 Å². The van der Waals surface area contributed by atoms with Gasteiger partial charge in [0.1, 0.15) is 0 Å². The van der Waals surface area contributed by atoms with Crippen molar-refractivity contribution in [2.24, 2.45) is 0 Å². The summed E-state index contributed by atoms with van der Waals surface area (Å²) >= 11 is 0. The first kappa shape index (κ1) is 13.4. The molecular formula is C15H24N2O. The lowest BCUT2D eigenvalue weighted by Crippen LogP contribution is -2.24. The van der Waals surface area contributed by atoms with Gasteiger partial charge in [0, 0.05) is 38.0 Å². The van der Waals surface area contributed by atoms with E-state index in [1.807, 2.05) is 0 Å². The number of hydrogen-bond acceptors (Lipinski definition) is 3. The number of benzene rings is 1. The number of aliphatic hydroxyl groups excluding tert-OH is 1. The molecule has 0 atom stereocenters. The van der Waals surface area contributed by atoms with Crippen LogP contribution < -0.4 is 10.2 Å². The maximum absolute atomic E-state index is 8.89. The first-order valence-corrected chi connectivity index (χ1v) is 7.01. The van der Waals surface area contributed by atoms with E-state index in [0.717, 1.165) is 32.1 Å². The highest BCUT2D eigenvalue weighted by Gasteiger charge is 2.19. The molecule has 1 saturated carbocycles. The summed E-state index contributed by atoms with van der Waals surface area (Å²) in [7, 11) is 0. The van der Waals surface area contributed by atoms with Crippen LogP contribution in [0.4, 0.5) is 5.69 Å². The van der Waals surface area contributed by atoms with E-state index in [0.29, 0.717) is 0 Å². The summed E-state index contributed by atoms with van der Waals surface area (Å²) in [6, 6.07) is 9.54. The fourth-order valence-electron chi connectivity index (χ4n) is 2.11. The molecule has 0 bridgehead atoms. The Labute approximate surface area is 110 Å². The Balaban J connectivity index is 1.87. The van der Waals surface area contributed by atoms with Gasteiger partial charge < -0.3 is 15.3 Å². The van der Waals surface area contributed by atoms with Gasteiger partial charge in [-0.1, -0.05) is 12.1 Å². The van der Waals surface area contributed by atoms with Crippen LogP contribution in [0.3, 0.4) is 0 Å². The minimum Gasteiger partial charge on any atom is -0.396 e. The van der Waals surface area contributed by atoms with Crippen molar-refractivity contribution >= 4 is 5.69 Å². The summed E-state index contributed by atoms with van der Waals surface area (Å²) in [5.74, 6) is 0. The van der Waals surface area contributed by atoms with E-state index in [1.165, 1.54) is 24.1 Å². The summed E-state index contributed by atoms with van der Waals surface area (Å²) in [5, 5.41) is 12.4. The summed E-state index contributed by atoms with van der Waals surface area (Å²) in [4.78, 5) is 2.30. The van der Waals surface area contributed by atoms with Crippen LogP contribution in [0.5, 0.6) is 0 Å². The highest BCUT2D eigenvalue weighted by molar-refractivity contribution is 5.47. The Morgan fingerprint density at radius 3 is 2.56 bits per heavy atom. The fourth-order valence-corrected chi connectivity index (χ4v) is 2.11. The third-order valence-electron chi connectivity index (χ3n) is 3.44. The second-order valence-corrected chi connectivity index (χ2v) is 4.98. The number of hydrogen-bond donors (Lipinski definition) is 2. The zero-order chi connectivity index (χ0) is 12.8. The van der Waals surface area contributed by atoms with Crippen LogP contribution in [0.15, 0.2) is 24.3 Å². The van der Waals surface area contributed by atoms with E-state index in [2.05, 4.69) is 41.4 Å². The van der Waals surface area contributed by atoms with Gasteiger partial charge in [0.05, 0.1) is 0 Å². The topological polar surface area (TPSA) is 35.5 Å². The minimum absolute atomic E-state index is 0.264. The van der Waals surface area contributed by atoms with Gasteiger partial charge >= 0.3 is 0 Å². The molecule has 1 aromatic carbocycles. The zero-order valence-electron chi connectivity index (χ0n) is 11.2. The van der Waals surface area contributed by atoms with Gasteiger partial charge in [0.25, 0.3) is 0 Å². The molecule has 0 aromatic heterocycles. The molecule has 0 spiro atoms. The molecule has 1 aliphatic carbocycles. The van der Waals surface area contributed by atoms with Crippen LogP contribution in [0.2, 0.25) is 0 Å². The predicted molar refractivity (Wildman–Crippen MR) is 75.9 cm³/mol. The standard InChI is InChI=1S/C15H24N2O/c1-2-17(10-3-11-18)15-8-4-13(5-9-15)12-16-14-6-7-14/h4-5,8-9,14,16,18H,2-3,6-7,10-12H2,1H3. The monoisotopic (exact) mass is 248 g/mol. The average Bonchev–Trinajstić information content (AvgIpc) is 3.23. The van der Waals surface area contributed by atoms with E-state index >= 15 is 0 Å². The third kappa shape index (κ3) is 4.00. The molecule has 0 unspecified atom stereocenters. The van der Waals surface area contributed by atoms with Crippen LogP contribution in [-0.2, 0) is 6.54 Å². The smallest absolute Gasteiger partial charge is 0.0447 e. The lowest BCUT2D eigenvalue weighted by molar-refractivity contribution is 0.289. The maximum Gasteiger partial charge on any atom is 0.0447 e. The van der Waals surface area contributed by atoms with E-state index in [9.17, 15) is 0 Å². The first-order chi connectivity index (χ1) is 8.83. The normalized spacial score (nSPS) is 14.8. The summed E-state index contributed by atoms with van der Waals surface area (Å²) in [5.41, 5.74) is 2.60. The Hall–Kier alpha value is -1.06. The van der Waals surface area contributed by atoms with Gasteiger partial charge in [-0.2, -0.15) is 0 Å². The number of aliphatic hydroxyl groups is 1. The minimum atomic E-state index is 0.264. The molecular weight excluding hydrogens is 224 g/mol. The average molecular weight is 248 g/mol. The molecule has 1 aliphatic rings. The predicted octanol–water partition coefficient (Wildman–Crippen LogP) is 2.15. The fraction of sp³-hybridized carbons (Fsp3) is 0.600. The summed E-state index contributed by atoms with van der Waals surface area (Å²) < 4.78 is 0. The quantitative estimate of drug-likeness (QED) is 0.740. The molecule has 3 heteroatoms. The molecule has 0 amide bonds. The van der Waals surface area contributed by atoms with Crippen molar-refractivity contribution in [1.29, 1.82) is 0 Å². The molecule has 1 aromatic rings. The Bertz CT molecular complexity index is 346. The van der Waals surface area contributed by atoms with Gasteiger partial charge in [-0.05, 0) is 43.9 Å². The lowest BCUT2D eigenvalue weighted by Gasteiger charge is -2.23. The third-order valence-corrected chi connectivity index (χ3v) is 3.44. The van der Waals surface area contributed by atoms with Crippen LogP contribution in [-0.4, -0.2) is 30.8 Å². The van der Waals surface area contributed by atoms with E-state index < -0.39 is 0 Å². The molecule has 3 nitrogen and oxygen atoms in total. The van der Waals surface area contributed by atoms with Crippen LogP contribution >= 0.6 is 0 Å². The van der Waals surface area contributed by atoms with Gasteiger partial charge in [-0.15, -0.1) is 0 Å². The van der Waals surface area contributed by atoms with Crippen LogP contribution in [0.25, 0.3) is 0 Å². The number of rotatable bonds is 8. The Morgan fingerprint density at radius 1 is 1.28 bits per heavy atom. The first-order valence-electron chi connectivity index (χ1n) is 7.01. The Kier molecular flexibility index (Phi) is 5.02. The zero-order valence-corrected chi connectivity index (χ0v) is 11.2. The van der Waals surface area contributed by atoms with Crippen LogP contribution in [0, 0.1) is 0 Å². The van der Waals surface area contributed by atoms with Crippen molar-refractivity contribution < 1.29 is 5.11 Å². The molecule has 100 valence electrons. The van der Waals surface area contributed by atoms with Crippen molar-refractivity contribution in [3.8, 4) is 0 Å². The number of nitrogens with one attached hydrogen (secondary N) is 1. The maximum atomic E-state index is 8.89.